The lowest BCUT2D eigenvalue weighted by Gasteiger charge is -2.12. The number of aliphatic hydroxyl groups is 1. The van der Waals surface area contributed by atoms with Gasteiger partial charge < -0.3 is 15.2 Å². The molecular formula is C14H22N2O2. The lowest BCUT2D eigenvalue weighted by atomic mass is 10.2. The van der Waals surface area contributed by atoms with Gasteiger partial charge in [0.05, 0.1) is 18.4 Å². The van der Waals surface area contributed by atoms with Crippen LogP contribution in [0.2, 0.25) is 0 Å². The molecule has 1 aliphatic rings. The molecule has 1 aromatic rings. The van der Waals surface area contributed by atoms with E-state index in [2.05, 4.69) is 10.3 Å². The molecule has 1 fully saturated rings. The first-order valence-corrected chi connectivity index (χ1v) is 6.62. The normalized spacial score (nSPS) is 16.8. The molecule has 0 aliphatic heterocycles. The Labute approximate surface area is 108 Å². The topological polar surface area (TPSA) is 54.4 Å². The molecule has 0 amide bonds. The van der Waals surface area contributed by atoms with Crippen LogP contribution in [0.1, 0.15) is 24.1 Å². The molecule has 4 nitrogen and oxygen atoms in total. The predicted molar refractivity (Wildman–Crippen MR) is 70.2 cm³/mol. The fraction of sp³-hybridized carbons (Fsp3) is 0.643. The number of rotatable bonds is 8. The van der Waals surface area contributed by atoms with Gasteiger partial charge in [0.1, 0.15) is 0 Å². The molecule has 1 saturated carbocycles. The Hall–Kier alpha value is -0.970. The SMILES string of the molecule is Cc1cccnc1CNCC(O)COCC1CC1. The molecule has 18 heavy (non-hydrogen) atoms. The number of pyridine rings is 1. The van der Waals surface area contributed by atoms with E-state index in [1.165, 1.54) is 18.4 Å². The maximum absolute atomic E-state index is 9.72. The smallest absolute Gasteiger partial charge is 0.0897 e. The molecule has 100 valence electrons. The summed E-state index contributed by atoms with van der Waals surface area (Å²) in [4.78, 5) is 4.29. The van der Waals surface area contributed by atoms with Gasteiger partial charge in [0.15, 0.2) is 0 Å². The van der Waals surface area contributed by atoms with Gasteiger partial charge in [-0.1, -0.05) is 6.07 Å². The highest BCUT2D eigenvalue weighted by atomic mass is 16.5. The molecule has 1 aromatic heterocycles. The summed E-state index contributed by atoms with van der Waals surface area (Å²) in [6.07, 6.45) is 3.92. The summed E-state index contributed by atoms with van der Waals surface area (Å²) in [5.41, 5.74) is 2.20. The van der Waals surface area contributed by atoms with Crippen molar-refractivity contribution in [2.45, 2.75) is 32.4 Å². The second-order valence-corrected chi connectivity index (χ2v) is 5.03. The number of ether oxygens (including phenoxy) is 1. The molecule has 0 radical (unpaired) electrons. The van der Waals surface area contributed by atoms with Crippen LogP contribution < -0.4 is 5.32 Å². The molecular weight excluding hydrogens is 228 g/mol. The first kappa shape index (κ1) is 13.5. The molecule has 1 heterocycles. The van der Waals surface area contributed by atoms with E-state index < -0.39 is 6.10 Å². The van der Waals surface area contributed by atoms with E-state index in [1.807, 2.05) is 19.1 Å². The summed E-state index contributed by atoms with van der Waals surface area (Å²) in [6.45, 7) is 4.49. The van der Waals surface area contributed by atoms with Crippen molar-refractivity contribution >= 4 is 0 Å². The van der Waals surface area contributed by atoms with Crippen LogP contribution in [0.3, 0.4) is 0 Å². The summed E-state index contributed by atoms with van der Waals surface area (Å²) < 4.78 is 5.44. The quantitative estimate of drug-likeness (QED) is 0.729. The molecule has 1 atom stereocenters. The van der Waals surface area contributed by atoms with Gasteiger partial charge >= 0.3 is 0 Å². The van der Waals surface area contributed by atoms with Crippen LogP contribution in [0.15, 0.2) is 18.3 Å². The third kappa shape index (κ3) is 4.72. The minimum Gasteiger partial charge on any atom is -0.389 e. The van der Waals surface area contributed by atoms with Gasteiger partial charge in [0.2, 0.25) is 0 Å². The van der Waals surface area contributed by atoms with E-state index in [9.17, 15) is 5.11 Å². The fourth-order valence-corrected chi connectivity index (χ4v) is 1.77. The van der Waals surface area contributed by atoms with Crippen molar-refractivity contribution in [1.29, 1.82) is 0 Å². The minimum atomic E-state index is -0.437. The van der Waals surface area contributed by atoms with Gasteiger partial charge in [-0.2, -0.15) is 0 Å². The molecule has 0 bridgehead atoms. The first-order chi connectivity index (χ1) is 8.75. The van der Waals surface area contributed by atoms with Crippen molar-refractivity contribution in [2.75, 3.05) is 19.8 Å². The summed E-state index contributed by atoms with van der Waals surface area (Å²) in [6, 6.07) is 3.97. The lowest BCUT2D eigenvalue weighted by Crippen LogP contribution is -2.30. The molecule has 1 aliphatic carbocycles. The van der Waals surface area contributed by atoms with Crippen molar-refractivity contribution in [3.8, 4) is 0 Å². The third-order valence-electron chi connectivity index (χ3n) is 3.15. The van der Waals surface area contributed by atoms with E-state index in [0.717, 1.165) is 18.2 Å². The van der Waals surface area contributed by atoms with Crippen LogP contribution in [0.5, 0.6) is 0 Å². The zero-order valence-corrected chi connectivity index (χ0v) is 10.9. The van der Waals surface area contributed by atoms with E-state index in [4.69, 9.17) is 4.74 Å². The van der Waals surface area contributed by atoms with E-state index in [1.54, 1.807) is 6.20 Å². The number of aryl methyl sites for hydroxylation is 1. The Morgan fingerprint density at radius 3 is 3.11 bits per heavy atom. The standard InChI is InChI=1S/C14H22N2O2/c1-11-3-2-6-16-14(11)8-15-7-13(17)10-18-9-12-4-5-12/h2-3,6,12-13,15,17H,4-5,7-10H2,1H3. The highest BCUT2D eigenvalue weighted by Crippen LogP contribution is 2.28. The fourth-order valence-electron chi connectivity index (χ4n) is 1.77. The minimum absolute atomic E-state index is 0.421. The van der Waals surface area contributed by atoms with Crippen LogP contribution in [0, 0.1) is 12.8 Å². The number of hydrogen-bond acceptors (Lipinski definition) is 4. The van der Waals surface area contributed by atoms with Gasteiger partial charge in [0, 0.05) is 25.9 Å². The molecule has 0 saturated heterocycles. The van der Waals surface area contributed by atoms with Gasteiger partial charge in [0.25, 0.3) is 0 Å². The molecule has 0 spiro atoms. The van der Waals surface area contributed by atoms with Crippen molar-refractivity contribution in [2.24, 2.45) is 5.92 Å². The number of aromatic nitrogens is 1. The van der Waals surface area contributed by atoms with Crippen molar-refractivity contribution in [3.63, 3.8) is 0 Å². The van der Waals surface area contributed by atoms with Crippen LogP contribution in [0.4, 0.5) is 0 Å². The van der Waals surface area contributed by atoms with Crippen molar-refractivity contribution in [3.05, 3.63) is 29.6 Å². The van der Waals surface area contributed by atoms with E-state index >= 15 is 0 Å². The maximum Gasteiger partial charge on any atom is 0.0897 e. The second kappa shape index (κ2) is 6.83. The number of aliphatic hydroxyl groups excluding tert-OH is 1. The van der Waals surface area contributed by atoms with Crippen molar-refractivity contribution in [1.82, 2.24) is 10.3 Å². The Bertz CT molecular complexity index is 367. The molecule has 2 rings (SSSR count). The average molecular weight is 250 g/mol. The molecule has 2 N–H and O–H groups in total. The molecule has 4 heteroatoms. The summed E-state index contributed by atoms with van der Waals surface area (Å²) in [5, 5.41) is 12.9. The number of nitrogens with one attached hydrogen (secondary N) is 1. The van der Waals surface area contributed by atoms with Crippen LogP contribution in [0.25, 0.3) is 0 Å². The summed E-state index contributed by atoms with van der Waals surface area (Å²) >= 11 is 0. The summed E-state index contributed by atoms with van der Waals surface area (Å²) in [7, 11) is 0. The lowest BCUT2D eigenvalue weighted by molar-refractivity contribution is 0.0324. The predicted octanol–water partition coefficient (Wildman–Crippen LogP) is 1.27. The molecule has 0 aromatic carbocycles. The maximum atomic E-state index is 9.72. The summed E-state index contributed by atoms with van der Waals surface area (Å²) in [5.74, 6) is 0.751. The Balaban J connectivity index is 1.57. The second-order valence-electron chi connectivity index (χ2n) is 5.03. The van der Waals surface area contributed by atoms with Crippen LogP contribution in [-0.4, -0.2) is 36.0 Å². The monoisotopic (exact) mass is 250 g/mol. The first-order valence-electron chi connectivity index (χ1n) is 6.62. The van der Waals surface area contributed by atoms with E-state index in [0.29, 0.717) is 19.7 Å². The van der Waals surface area contributed by atoms with Crippen LogP contribution in [-0.2, 0) is 11.3 Å². The highest BCUT2D eigenvalue weighted by molar-refractivity contribution is 5.17. The average Bonchev–Trinajstić information content (AvgIpc) is 3.16. The van der Waals surface area contributed by atoms with E-state index in [-0.39, 0.29) is 0 Å². The Kier molecular flexibility index (Phi) is 5.11. The van der Waals surface area contributed by atoms with Gasteiger partial charge in [-0.05, 0) is 37.3 Å². The van der Waals surface area contributed by atoms with Crippen LogP contribution >= 0.6 is 0 Å². The zero-order valence-electron chi connectivity index (χ0n) is 10.9. The van der Waals surface area contributed by atoms with Gasteiger partial charge in [-0.3, -0.25) is 4.98 Å². The molecule has 1 unspecified atom stereocenters. The van der Waals surface area contributed by atoms with Gasteiger partial charge in [-0.25, -0.2) is 0 Å². The van der Waals surface area contributed by atoms with Gasteiger partial charge in [-0.15, -0.1) is 0 Å². The number of hydrogen-bond donors (Lipinski definition) is 2. The highest BCUT2D eigenvalue weighted by Gasteiger charge is 2.21. The largest absolute Gasteiger partial charge is 0.389 e. The van der Waals surface area contributed by atoms with Crippen molar-refractivity contribution < 1.29 is 9.84 Å². The Morgan fingerprint density at radius 2 is 2.39 bits per heavy atom. The zero-order chi connectivity index (χ0) is 12.8. The third-order valence-corrected chi connectivity index (χ3v) is 3.15. The Morgan fingerprint density at radius 1 is 1.56 bits per heavy atom. The number of nitrogens with zero attached hydrogens (tertiary/aromatic N) is 1.